The molecule has 0 aromatic rings. The third-order valence-corrected chi connectivity index (χ3v) is 2.60. The van der Waals surface area contributed by atoms with Crippen LogP contribution in [0.1, 0.15) is 32.6 Å². The predicted molar refractivity (Wildman–Crippen MR) is 48.6 cm³/mol. The molecule has 0 saturated heterocycles. The van der Waals surface area contributed by atoms with Crippen molar-refractivity contribution in [1.82, 2.24) is 5.32 Å². The summed E-state index contributed by atoms with van der Waals surface area (Å²) in [5.74, 6) is 0.648. The Hall–Kier alpha value is -0.570. The van der Waals surface area contributed by atoms with E-state index in [2.05, 4.69) is 5.32 Å². The van der Waals surface area contributed by atoms with Crippen molar-refractivity contribution in [2.24, 2.45) is 11.7 Å². The maximum absolute atomic E-state index is 10.9. The third kappa shape index (κ3) is 2.48. The van der Waals surface area contributed by atoms with Crippen molar-refractivity contribution in [1.29, 1.82) is 0 Å². The number of nitrogens with one attached hydrogen (secondary N) is 1. The standard InChI is InChI=1S/C9H18N2O/c1-2-9(12)11-6-7-4-3-5-8(7)10/h7-8H,2-6,10H2,1H3,(H,11,12). The van der Waals surface area contributed by atoms with Crippen LogP contribution in [-0.4, -0.2) is 18.5 Å². The van der Waals surface area contributed by atoms with Crippen molar-refractivity contribution < 1.29 is 4.79 Å². The number of carbonyl (C=O) groups excluding carboxylic acids is 1. The van der Waals surface area contributed by atoms with E-state index in [4.69, 9.17) is 5.73 Å². The van der Waals surface area contributed by atoms with Gasteiger partial charge in [-0.2, -0.15) is 0 Å². The molecule has 0 aromatic heterocycles. The maximum Gasteiger partial charge on any atom is 0.219 e. The van der Waals surface area contributed by atoms with Gasteiger partial charge in [0.1, 0.15) is 0 Å². The lowest BCUT2D eigenvalue weighted by Crippen LogP contribution is -2.35. The fourth-order valence-corrected chi connectivity index (χ4v) is 1.69. The van der Waals surface area contributed by atoms with Gasteiger partial charge in [-0.05, 0) is 18.8 Å². The minimum Gasteiger partial charge on any atom is -0.356 e. The first kappa shape index (κ1) is 9.52. The maximum atomic E-state index is 10.9. The molecule has 0 bridgehead atoms. The average Bonchev–Trinajstić information content (AvgIpc) is 2.47. The second kappa shape index (κ2) is 4.45. The fourth-order valence-electron chi connectivity index (χ4n) is 1.69. The number of hydrogen-bond acceptors (Lipinski definition) is 2. The molecule has 1 fully saturated rings. The molecular formula is C9H18N2O. The van der Waals surface area contributed by atoms with Gasteiger partial charge < -0.3 is 11.1 Å². The van der Waals surface area contributed by atoms with Crippen LogP contribution in [0, 0.1) is 5.92 Å². The normalized spacial score (nSPS) is 28.8. The molecule has 70 valence electrons. The molecule has 1 amide bonds. The van der Waals surface area contributed by atoms with Crippen LogP contribution in [0.25, 0.3) is 0 Å². The van der Waals surface area contributed by atoms with E-state index >= 15 is 0 Å². The fraction of sp³-hybridized carbons (Fsp3) is 0.889. The zero-order valence-corrected chi connectivity index (χ0v) is 7.68. The van der Waals surface area contributed by atoms with Crippen molar-refractivity contribution in [3.8, 4) is 0 Å². The van der Waals surface area contributed by atoms with E-state index in [1.165, 1.54) is 12.8 Å². The number of rotatable bonds is 3. The van der Waals surface area contributed by atoms with Crippen LogP contribution in [0.15, 0.2) is 0 Å². The Kier molecular flexibility index (Phi) is 3.53. The van der Waals surface area contributed by atoms with Crippen LogP contribution in [0.3, 0.4) is 0 Å². The Bertz CT molecular complexity index is 159. The zero-order chi connectivity index (χ0) is 8.97. The molecule has 0 aromatic carbocycles. The first-order chi connectivity index (χ1) is 5.74. The van der Waals surface area contributed by atoms with Crippen molar-refractivity contribution in [3.63, 3.8) is 0 Å². The summed E-state index contributed by atoms with van der Waals surface area (Å²) < 4.78 is 0. The SMILES string of the molecule is CCC(=O)NCC1CCCC1N. The molecule has 1 rings (SSSR count). The van der Waals surface area contributed by atoms with Gasteiger partial charge in [-0.15, -0.1) is 0 Å². The number of nitrogens with two attached hydrogens (primary N) is 1. The van der Waals surface area contributed by atoms with Gasteiger partial charge in [0.05, 0.1) is 0 Å². The molecule has 2 unspecified atom stereocenters. The van der Waals surface area contributed by atoms with Crippen LogP contribution >= 0.6 is 0 Å². The van der Waals surface area contributed by atoms with E-state index in [0.29, 0.717) is 18.4 Å². The van der Waals surface area contributed by atoms with Gasteiger partial charge in [0.15, 0.2) is 0 Å². The van der Waals surface area contributed by atoms with Crippen LogP contribution in [0.4, 0.5) is 0 Å². The van der Waals surface area contributed by atoms with Crippen LogP contribution < -0.4 is 11.1 Å². The molecule has 0 spiro atoms. The molecule has 3 heteroatoms. The van der Waals surface area contributed by atoms with Crippen molar-refractivity contribution in [2.45, 2.75) is 38.6 Å². The van der Waals surface area contributed by atoms with E-state index in [1.54, 1.807) is 0 Å². The first-order valence-electron chi connectivity index (χ1n) is 4.76. The third-order valence-electron chi connectivity index (χ3n) is 2.60. The van der Waals surface area contributed by atoms with Gasteiger partial charge in [-0.25, -0.2) is 0 Å². The van der Waals surface area contributed by atoms with E-state index in [0.717, 1.165) is 13.0 Å². The predicted octanol–water partition coefficient (Wildman–Crippen LogP) is 0.640. The van der Waals surface area contributed by atoms with Gasteiger partial charge in [-0.3, -0.25) is 4.79 Å². The van der Waals surface area contributed by atoms with Crippen molar-refractivity contribution in [3.05, 3.63) is 0 Å². The first-order valence-corrected chi connectivity index (χ1v) is 4.76. The Balaban J connectivity index is 2.18. The van der Waals surface area contributed by atoms with E-state index < -0.39 is 0 Å². The lowest BCUT2D eigenvalue weighted by Gasteiger charge is -2.15. The summed E-state index contributed by atoms with van der Waals surface area (Å²) in [5.41, 5.74) is 5.86. The van der Waals surface area contributed by atoms with E-state index in [1.807, 2.05) is 6.92 Å². The lowest BCUT2D eigenvalue weighted by molar-refractivity contribution is -0.120. The molecule has 2 atom stereocenters. The molecule has 1 saturated carbocycles. The molecule has 1 aliphatic carbocycles. The van der Waals surface area contributed by atoms with Gasteiger partial charge in [0, 0.05) is 19.0 Å². The molecule has 1 aliphatic rings. The van der Waals surface area contributed by atoms with Crippen molar-refractivity contribution >= 4 is 5.91 Å². The van der Waals surface area contributed by atoms with Gasteiger partial charge in [0.25, 0.3) is 0 Å². The van der Waals surface area contributed by atoms with Crippen LogP contribution in [-0.2, 0) is 4.79 Å². The zero-order valence-electron chi connectivity index (χ0n) is 7.68. The average molecular weight is 170 g/mol. The Morgan fingerprint density at radius 1 is 1.58 bits per heavy atom. The molecule has 3 nitrogen and oxygen atoms in total. The van der Waals surface area contributed by atoms with Gasteiger partial charge in [0.2, 0.25) is 5.91 Å². The summed E-state index contributed by atoms with van der Waals surface area (Å²) in [7, 11) is 0. The summed E-state index contributed by atoms with van der Waals surface area (Å²) in [6.07, 6.45) is 4.08. The molecule has 0 radical (unpaired) electrons. The molecule has 12 heavy (non-hydrogen) atoms. The van der Waals surface area contributed by atoms with Crippen LogP contribution in [0.2, 0.25) is 0 Å². The smallest absolute Gasteiger partial charge is 0.219 e. The Labute approximate surface area is 73.7 Å². The summed E-state index contributed by atoms with van der Waals surface area (Å²) in [6.45, 7) is 2.64. The van der Waals surface area contributed by atoms with E-state index in [-0.39, 0.29) is 5.91 Å². The minimum absolute atomic E-state index is 0.133. The number of amides is 1. The highest BCUT2D eigenvalue weighted by Crippen LogP contribution is 2.22. The molecular weight excluding hydrogens is 152 g/mol. The Morgan fingerprint density at radius 2 is 2.33 bits per heavy atom. The minimum atomic E-state index is 0.133. The summed E-state index contributed by atoms with van der Waals surface area (Å²) in [5, 5.41) is 2.89. The summed E-state index contributed by atoms with van der Waals surface area (Å²) in [4.78, 5) is 10.9. The largest absolute Gasteiger partial charge is 0.356 e. The van der Waals surface area contributed by atoms with Crippen molar-refractivity contribution in [2.75, 3.05) is 6.54 Å². The highest BCUT2D eigenvalue weighted by atomic mass is 16.1. The monoisotopic (exact) mass is 170 g/mol. The highest BCUT2D eigenvalue weighted by molar-refractivity contribution is 5.75. The highest BCUT2D eigenvalue weighted by Gasteiger charge is 2.23. The lowest BCUT2D eigenvalue weighted by atomic mass is 10.0. The number of hydrogen-bond donors (Lipinski definition) is 2. The van der Waals surface area contributed by atoms with Gasteiger partial charge in [-0.1, -0.05) is 13.3 Å². The molecule has 3 N–H and O–H groups in total. The second-order valence-electron chi connectivity index (χ2n) is 3.51. The topological polar surface area (TPSA) is 55.1 Å². The quantitative estimate of drug-likeness (QED) is 0.653. The number of carbonyl (C=O) groups is 1. The molecule has 0 aliphatic heterocycles. The van der Waals surface area contributed by atoms with Crippen LogP contribution in [0.5, 0.6) is 0 Å². The van der Waals surface area contributed by atoms with Gasteiger partial charge >= 0.3 is 0 Å². The summed E-state index contributed by atoms with van der Waals surface area (Å²) >= 11 is 0. The Morgan fingerprint density at radius 3 is 2.83 bits per heavy atom. The molecule has 0 heterocycles. The second-order valence-corrected chi connectivity index (χ2v) is 3.51. The summed E-state index contributed by atoms with van der Waals surface area (Å²) in [6, 6.07) is 0.308. The van der Waals surface area contributed by atoms with E-state index in [9.17, 15) is 4.79 Å².